The van der Waals surface area contributed by atoms with Gasteiger partial charge in [-0.05, 0) is 144 Å². The minimum absolute atomic E-state index is 0.0581. The number of piperidine rings is 3. The number of methoxy groups -OCH3 is 1. The molecule has 15 rings (SSSR count). The predicted octanol–water partition coefficient (Wildman–Crippen LogP) is 15.6. The van der Waals surface area contributed by atoms with Crippen LogP contribution < -0.4 is 33.2 Å². The smallest absolute Gasteiger partial charge is 0.231 e. The van der Waals surface area contributed by atoms with Gasteiger partial charge in [0.2, 0.25) is 6.79 Å². The number of pyridine rings is 3. The van der Waals surface area contributed by atoms with Crippen molar-refractivity contribution >= 4 is 43.5 Å². The number of nitrogens with zero attached hydrogens (tertiary/aromatic N) is 6. The number of rotatable bonds is 20. The summed E-state index contributed by atoms with van der Waals surface area (Å²) in [4.78, 5) is 23.0. The van der Waals surface area contributed by atoms with Crippen molar-refractivity contribution in [3.05, 3.63) is 239 Å². The van der Waals surface area contributed by atoms with Crippen LogP contribution in [-0.4, -0.2) is 100 Å². The van der Waals surface area contributed by atoms with E-state index in [-0.39, 0.29) is 43.0 Å². The van der Waals surface area contributed by atoms with Crippen molar-refractivity contribution in [3.8, 4) is 40.2 Å². The number of aryl methyl sites for hydroxylation is 1. The second-order valence-corrected chi connectivity index (χ2v) is 25.6. The van der Waals surface area contributed by atoms with E-state index < -0.39 is 0 Å². The molecule has 4 unspecified atom stereocenters. The van der Waals surface area contributed by atoms with Crippen LogP contribution in [0.3, 0.4) is 0 Å². The molecule has 7 heterocycles. The maximum atomic E-state index is 15.2. The van der Waals surface area contributed by atoms with Gasteiger partial charge in [-0.25, -0.2) is 9.37 Å². The molecule has 93 heavy (non-hydrogen) atoms. The van der Waals surface area contributed by atoms with Gasteiger partial charge in [-0.2, -0.15) is 0 Å². The second kappa shape index (κ2) is 27.1. The van der Waals surface area contributed by atoms with E-state index in [1.54, 1.807) is 13.2 Å². The molecule has 0 radical (unpaired) electrons. The third-order valence-corrected chi connectivity index (χ3v) is 19.1. The predicted molar refractivity (Wildman–Crippen MR) is 362 cm³/mol. The van der Waals surface area contributed by atoms with Crippen molar-refractivity contribution in [2.75, 3.05) is 40.1 Å². The number of fused-ring (bicyclic) bond motifs is 5. The zero-order valence-electron chi connectivity index (χ0n) is 52.8. The van der Waals surface area contributed by atoms with Gasteiger partial charge in [0.05, 0.1) is 18.1 Å². The third-order valence-electron chi connectivity index (χ3n) is 19.1. The lowest BCUT2D eigenvalue weighted by atomic mass is 9.93. The maximum absolute atomic E-state index is 15.2. The van der Waals surface area contributed by atoms with E-state index in [4.69, 9.17) is 43.1 Å². The minimum Gasteiger partial charge on any atom is -0.497 e. The first-order chi connectivity index (χ1) is 45.7. The van der Waals surface area contributed by atoms with Gasteiger partial charge in [0.1, 0.15) is 65.0 Å². The number of para-hydroxylation sites is 3. The lowest BCUT2D eigenvalue weighted by molar-refractivity contribution is 0.0498. The first-order valence-corrected chi connectivity index (χ1v) is 33.0. The van der Waals surface area contributed by atoms with Crippen LogP contribution in [0, 0.1) is 12.7 Å². The Morgan fingerprint density at radius 2 is 1.04 bits per heavy atom. The number of likely N-dealkylation sites (tertiary alicyclic amines) is 3. The van der Waals surface area contributed by atoms with Crippen LogP contribution in [0.15, 0.2) is 194 Å². The van der Waals surface area contributed by atoms with Crippen molar-refractivity contribution < 1.29 is 37.5 Å². The van der Waals surface area contributed by atoms with Crippen LogP contribution in [0.25, 0.3) is 43.5 Å². The standard InChI is InChI=1S/C79H77FN6O7/c1-52-36-75(70-18-11-19-71(80)79(70)81-52)92-66-30-34-85(48-55-22-24-58-40-64(87-2)26-25-57(58)37-55)61(45-66)42-60-44-77(69-17-7-9-21-73(69)83-60)93-67-31-35-86(49-56-23-27-74-78(39-56)90-51-89-74)62(46-67)41-59-43-76(68-16-6-8-20-72(68)82-59)91-63-28-32-84(33-29-63)47-54-14-10-15-65(38-54)88-50-53-12-4-3-5-13-53/h3-27,36-40,43-44,61-63,66-67H,28-35,41-42,45-51H2,1-2H3. The van der Waals surface area contributed by atoms with E-state index >= 15 is 4.39 Å². The lowest BCUT2D eigenvalue weighted by Gasteiger charge is -2.40. The third kappa shape index (κ3) is 13.9. The fourth-order valence-electron chi connectivity index (χ4n) is 14.3. The van der Waals surface area contributed by atoms with Gasteiger partial charge in [-0.1, -0.05) is 97.1 Å². The Hall–Kier alpha value is -9.34. The molecule has 472 valence electrons. The van der Waals surface area contributed by atoms with Crippen molar-refractivity contribution in [3.63, 3.8) is 0 Å². The van der Waals surface area contributed by atoms with Crippen LogP contribution in [0.1, 0.15) is 77.9 Å². The molecule has 0 amide bonds. The fourth-order valence-corrected chi connectivity index (χ4v) is 14.3. The number of halogens is 1. The van der Waals surface area contributed by atoms with E-state index in [9.17, 15) is 0 Å². The van der Waals surface area contributed by atoms with Gasteiger partial charge in [0.15, 0.2) is 11.5 Å². The molecule has 4 aliphatic rings. The van der Waals surface area contributed by atoms with E-state index in [0.717, 1.165) is 163 Å². The Morgan fingerprint density at radius 3 is 1.75 bits per heavy atom. The summed E-state index contributed by atoms with van der Waals surface area (Å²) in [5.74, 6) is 5.34. The first-order valence-electron chi connectivity index (χ1n) is 33.0. The van der Waals surface area contributed by atoms with Gasteiger partial charge >= 0.3 is 0 Å². The van der Waals surface area contributed by atoms with Gasteiger partial charge in [0, 0.05) is 135 Å². The number of hydrogen-bond donors (Lipinski definition) is 0. The van der Waals surface area contributed by atoms with Gasteiger partial charge in [0.25, 0.3) is 0 Å². The summed E-state index contributed by atoms with van der Waals surface area (Å²) in [6, 6.07) is 66.5. The zero-order chi connectivity index (χ0) is 62.6. The first kappa shape index (κ1) is 59.9. The molecule has 0 bridgehead atoms. The number of benzene rings is 8. The highest BCUT2D eigenvalue weighted by atomic mass is 19.1. The SMILES string of the molecule is COc1ccc2cc(CN3CCC(Oc4cc(C)nc5c(F)cccc45)CC3Cc3cc(OC4CCN(Cc5ccc6c(c5)OCO6)C(Cc5cc(OC6CCN(Cc7cccc(OCc8ccccc8)c7)CC6)c6ccccc6n5)C4)c4ccccc4n3)ccc2c1. The highest BCUT2D eigenvalue weighted by molar-refractivity contribution is 5.87. The van der Waals surface area contributed by atoms with Crippen LogP contribution in [0.5, 0.6) is 40.2 Å². The molecule has 0 saturated carbocycles. The molecule has 3 fully saturated rings. The molecule has 0 aliphatic carbocycles. The molecular weight excluding hydrogens is 1160 g/mol. The topological polar surface area (TPSA) is 113 Å². The van der Waals surface area contributed by atoms with E-state index in [1.807, 2.05) is 55.5 Å². The van der Waals surface area contributed by atoms with Crippen molar-refractivity contribution in [2.45, 2.75) is 115 Å². The molecule has 4 atom stereocenters. The van der Waals surface area contributed by atoms with E-state index in [2.05, 4.69) is 153 Å². The molecule has 0 spiro atoms. The van der Waals surface area contributed by atoms with E-state index in [1.165, 1.54) is 28.1 Å². The van der Waals surface area contributed by atoms with Crippen LogP contribution in [0.2, 0.25) is 0 Å². The fraction of sp³-hybridized carbons (Fsp3) is 0.304. The number of aromatic nitrogens is 3. The summed E-state index contributed by atoms with van der Waals surface area (Å²) in [6.07, 6.45) is 6.26. The summed E-state index contributed by atoms with van der Waals surface area (Å²) >= 11 is 0. The monoisotopic (exact) mass is 1240 g/mol. The lowest BCUT2D eigenvalue weighted by Crippen LogP contribution is -2.47. The van der Waals surface area contributed by atoms with Crippen LogP contribution in [0.4, 0.5) is 4.39 Å². The molecule has 14 heteroatoms. The maximum Gasteiger partial charge on any atom is 0.231 e. The van der Waals surface area contributed by atoms with Gasteiger partial charge in [-0.15, -0.1) is 0 Å². The van der Waals surface area contributed by atoms with Crippen LogP contribution >= 0.6 is 0 Å². The van der Waals surface area contributed by atoms with Gasteiger partial charge < -0.3 is 33.2 Å². The number of hydrogen-bond acceptors (Lipinski definition) is 13. The van der Waals surface area contributed by atoms with Crippen LogP contribution in [-0.2, 0) is 39.1 Å². The second-order valence-electron chi connectivity index (χ2n) is 25.6. The molecule has 8 aromatic carbocycles. The average Bonchev–Trinajstić information content (AvgIpc) is 1.59. The summed E-state index contributed by atoms with van der Waals surface area (Å²) in [7, 11) is 1.71. The quantitative estimate of drug-likeness (QED) is 0.0722. The molecule has 3 saturated heterocycles. The zero-order valence-corrected chi connectivity index (χ0v) is 52.8. The highest BCUT2D eigenvalue weighted by Gasteiger charge is 2.34. The molecule has 4 aliphatic heterocycles. The van der Waals surface area contributed by atoms with E-state index in [0.29, 0.717) is 41.8 Å². The summed E-state index contributed by atoms with van der Waals surface area (Å²) in [5, 5.41) is 5.01. The largest absolute Gasteiger partial charge is 0.497 e. The molecule has 13 nitrogen and oxygen atoms in total. The van der Waals surface area contributed by atoms with Crippen molar-refractivity contribution in [2.24, 2.45) is 0 Å². The summed E-state index contributed by atoms with van der Waals surface area (Å²) in [5.41, 5.74) is 9.64. The molecular formula is C79H77FN6O7. The normalized spacial score (nSPS) is 18.9. The Balaban J connectivity index is 0.678. The highest BCUT2D eigenvalue weighted by Crippen LogP contribution is 2.39. The molecule has 3 aromatic heterocycles. The van der Waals surface area contributed by atoms with Gasteiger partial charge in [-0.3, -0.25) is 24.7 Å². The summed E-state index contributed by atoms with van der Waals surface area (Å²) < 4.78 is 60.0. The van der Waals surface area contributed by atoms with Crippen molar-refractivity contribution in [1.82, 2.24) is 29.7 Å². The minimum atomic E-state index is -0.352. The van der Waals surface area contributed by atoms with Crippen molar-refractivity contribution in [1.29, 1.82) is 0 Å². The molecule has 11 aromatic rings. The Kier molecular flexibility index (Phi) is 17.5. The number of ether oxygens (including phenoxy) is 7. The average molecular weight is 1240 g/mol. The molecule has 0 N–H and O–H groups in total. The Bertz CT molecular complexity index is 4470. The Labute approximate surface area is 542 Å². The Morgan fingerprint density at radius 1 is 0.473 bits per heavy atom. The summed E-state index contributed by atoms with van der Waals surface area (Å²) in [6.45, 7) is 8.53.